The molecule has 0 spiro atoms. The lowest BCUT2D eigenvalue weighted by Gasteiger charge is -2.04. The van der Waals surface area contributed by atoms with E-state index in [4.69, 9.17) is 5.26 Å². The van der Waals surface area contributed by atoms with Crippen molar-refractivity contribution in [3.8, 4) is 6.07 Å². The van der Waals surface area contributed by atoms with Crippen molar-refractivity contribution in [2.45, 2.75) is 6.54 Å². The zero-order chi connectivity index (χ0) is 12.1. The van der Waals surface area contributed by atoms with E-state index in [0.717, 1.165) is 5.56 Å². The predicted octanol–water partition coefficient (Wildman–Crippen LogP) is 1.94. The van der Waals surface area contributed by atoms with Crippen molar-refractivity contribution in [1.82, 2.24) is 10.3 Å². The molecule has 1 aromatic heterocycles. The first kappa shape index (κ1) is 11.3. The molecule has 0 aliphatic rings. The van der Waals surface area contributed by atoms with E-state index < -0.39 is 0 Å². The van der Waals surface area contributed by atoms with E-state index in [0.29, 0.717) is 17.8 Å². The zero-order valence-corrected chi connectivity index (χ0v) is 9.70. The smallest absolute Gasteiger partial charge is 0.271 e. The van der Waals surface area contributed by atoms with Crippen LogP contribution < -0.4 is 5.32 Å². The molecule has 0 fully saturated rings. The molecular formula is C12H9N3OS. The van der Waals surface area contributed by atoms with Crippen molar-refractivity contribution >= 4 is 17.2 Å². The molecule has 0 aliphatic heterocycles. The molecule has 1 N–H and O–H groups in total. The van der Waals surface area contributed by atoms with Gasteiger partial charge in [-0.05, 0) is 11.6 Å². The fourth-order valence-electron chi connectivity index (χ4n) is 1.37. The van der Waals surface area contributed by atoms with E-state index in [9.17, 15) is 4.79 Å². The van der Waals surface area contributed by atoms with Crippen LogP contribution in [0, 0.1) is 11.3 Å². The number of benzene rings is 1. The van der Waals surface area contributed by atoms with E-state index in [1.165, 1.54) is 11.3 Å². The third kappa shape index (κ3) is 2.68. The monoisotopic (exact) mass is 243 g/mol. The summed E-state index contributed by atoms with van der Waals surface area (Å²) < 4.78 is 0. The normalized spacial score (nSPS) is 9.59. The van der Waals surface area contributed by atoms with Gasteiger partial charge in [-0.3, -0.25) is 4.79 Å². The van der Waals surface area contributed by atoms with Gasteiger partial charge in [0.1, 0.15) is 5.69 Å². The number of rotatable bonds is 3. The first-order chi connectivity index (χ1) is 8.31. The highest BCUT2D eigenvalue weighted by atomic mass is 32.1. The van der Waals surface area contributed by atoms with E-state index in [1.807, 2.05) is 12.1 Å². The lowest BCUT2D eigenvalue weighted by molar-refractivity contribution is 0.0946. The largest absolute Gasteiger partial charge is 0.347 e. The van der Waals surface area contributed by atoms with Crippen LogP contribution in [0.25, 0.3) is 0 Å². The summed E-state index contributed by atoms with van der Waals surface area (Å²) in [6.07, 6.45) is 0. The van der Waals surface area contributed by atoms with Gasteiger partial charge >= 0.3 is 0 Å². The van der Waals surface area contributed by atoms with Crippen LogP contribution in [0.5, 0.6) is 0 Å². The summed E-state index contributed by atoms with van der Waals surface area (Å²) in [6.45, 7) is 0.333. The van der Waals surface area contributed by atoms with Crippen molar-refractivity contribution in [3.05, 3.63) is 52.0 Å². The van der Waals surface area contributed by atoms with Crippen LogP contribution in [0.15, 0.2) is 35.2 Å². The molecular weight excluding hydrogens is 234 g/mol. The minimum absolute atomic E-state index is 0.223. The standard InChI is InChI=1S/C12H9N3OS/c13-5-9-3-1-2-4-10(9)6-14-12(16)11-7-17-8-15-11/h1-4,7-8H,6H2,(H,14,16). The van der Waals surface area contributed by atoms with Crippen LogP contribution in [0.1, 0.15) is 21.6 Å². The van der Waals surface area contributed by atoms with Gasteiger partial charge in [0.25, 0.3) is 5.91 Å². The van der Waals surface area contributed by atoms with Crippen LogP contribution in [0.3, 0.4) is 0 Å². The van der Waals surface area contributed by atoms with Gasteiger partial charge in [0, 0.05) is 11.9 Å². The number of carbonyl (C=O) groups excluding carboxylic acids is 1. The maximum absolute atomic E-state index is 11.6. The second kappa shape index (κ2) is 5.23. The van der Waals surface area contributed by atoms with Crippen molar-refractivity contribution in [1.29, 1.82) is 5.26 Å². The first-order valence-corrected chi connectivity index (χ1v) is 5.90. The Morgan fingerprint density at radius 3 is 3.00 bits per heavy atom. The number of aromatic nitrogens is 1. The Hall–Kier alpha value is -2.19. The molecule has 84 valence electrons. The second-order valence-corrected chi connectivity index (χ2v) is 4.04. The summed E-state index contributed by atoms with van der Waals surface area (Å²) in [7, 11) is 0. The van der Waals surface area contributed by atoms with Crippen molar-refractivity contribution in [2.24, 2.45) is 0 Å². The fourth-order valence-corrected chi connectivity index (χ4v) is 1.91. The SMILES string of the molecule is N#Cc1ccccc1CNC(=O)c1cscn1. The Balaban J connectivity index is 2.04. The van der Waals surface area contributed by atoms with Gasteiger partial charge < -0.3 is 5.32 Å². The van der Waals surface area contributed by atoms with Gasteiger partial charge in [-0.1, -0.05) is 18.2 Å². The number of nitrogens with one attached hydrogen (secondary N) is 1. The van der Waals surface area contributed by atoms with Gasteiger partial charge in [-0.25, -0.2) is 4.98 Å². The first-order valence-electron chi connectivity index (χ1n) is 4.95. The highest BCUT2D eigenvalue weighted by Gasteiger charge is 2.08. The maximum atomic E-state index is 11.6. The van der Waals surface area contributed by atoms with E-state index in [-0.39, 0.29) is 5.91 Å². The molecule has 4 nitrogen and oxygen atoms in total. The number of thiazole rings is 1. The molecule has 2 aromatic rings. The summed E-state index contributed by atoms with van der Waals surface area (Å²) in [6, 6.07) is 9.27. The van der Waals surface area contributed by atoms with Gasteiger partial charge in [-0.2, -0.15) is 5.26 Å². The Morgan fingerprint density at radius 1 is 1.47 bits per heavy atom. The van der Waals surface area contributed by atoms with Crippen molar-refractivity contribution in [2.75, 3.05) is 0 Å². The quantitative estimate of drug-likeness (QED) is 0.896. The third-order valence-corrected chi connectivity index (χ3v) is 2.83. The number of nitrogens with zero attached hydrogens (tertiary/aromatic N) is 2. The molecule has 0 unspecified atom stereocenters. The maximum Gasteiger partial charge on any atom is 0.271 e. The molecule has 1 aromatic carbocycles. The fraction of sp³-hybridized carbons (Fsp3) is 0.0833. The summed E-state index contributed by atoms with van der Waals surface area (Å²) in [5, 5.41) is 13.3. The Labute approximate surface area is 103 Å². The van der Waals surface area contributed by atoms with Crippen LogP contribution in [-0.4, -0.2) is 10.9 Å². The molecule has 0 atom stereocenters. The highest BCUT2D eigenvalue weighted by Crippen LogP contribution is 2.07. The Morgan fingerprint density at radius 2 is 2.29 bits per heavy atom. The molecule has 0 saturated carbocycles. The van der Waals surface area contributed by atoms with Gasteiger partial charge in [0.2, 0.25) is 0 Å². The Bertz CT molecular complexity index is 557. The second-order valence-electron chi connectivity index (χ2n) is 3.33. The molecule has 2 rings (SSSR count). The summed E-state index contributed by atoms with van der Waals surface area (Å²) in [5.41, 5.74) is 3.40. The van der Waals surface area contributed by atoms with Crippen LogP contribution in [0.4, 0.5) is 0 Å². The summed E-state index contributed by atoms with van der Waals surface area (Å²) >= 11 is 1.37. The van der Waals surface area contributed by atoms with Crippen LogP contribution in [0.2, 0.25) is 0 Å². The molecule has 1 amide bonds. The molecule has 1 heterocycles. The average molecular weight is 243 g/mol. The number of carbonyl (C=O) groups is 1. The van der Waals surface area contributed by atoms with Gasteiger partial charge in [-0.15, -0.1) is 11.3 Å². The number of hydrogen-bond donors (Lipinski definition) is 1. The minimum atomic E-state index is -0.223. The lowest BCUT2D eigenvalue weighted by atomic mass is 10.1. The lowest BCUT2D eigenvalue weighted by Crippen LogP contribution is -2.23. The zero-order valence-electron chi connectivity index (χ0n) is 8.88. The molecule has 5 heteroatoms. The molecule has 0 aliphatic carbocycles. The molecule has 17 heavy (non-hydrogen) atoms. The van der Waals surface area contributed by atoms with Gasteiger partial charge in [0.15, 0.2) is 0 Å². The number of hydrogen-bond acceptors (Lipinski definition) is 4. The van der Waals surface area contributed by atoms with Crippen molar-refractivity contribution in [3.63, 3.8) is 0 Å². The van der Waals surface area contributed by atoms with E-state index in [2.05, 4.69) is 16.4 Å². The molecule has 0 bridgehead atoms. The molecule has 0 saturated heterocycles. The minimum Gasteiger partial charge on any atom is -0.347 e. The number of nitriles is 1. The van der Waals surface area contributed by atoms with Crippen LogP contribution in [-0.2, 0) is 6.54 Å². The van der Waals surface area contributed by atoms with Crippen molar-refractivity contribution < 1.29 is 4.79 Å². The number of amides is 1. The summed E-state index contributed by atoms with van der Waals surface area (Å²) in [5.74, 6) is -0.223. The van der Waals surface area contributed by atoms with E-state index >= 15 is 0 Å². The molecule has 0 radical (unpaired) electrons. The third-order valence-electron chi connectivity index (χ3n) is 2.24. The topological polar surface area (TPSA) is 65.8 Å². The average Bonchev–Trinajstić information content (AvgIpc) is 2.90. The summed E-state index contributed by atoms with van der Waals surface area (Å²) in [4.78, 5) is 15.5. The van der Waals surface area contributed by atoms with E-state index in [1.54, 1.807) is 23.0 Å². The van der Waals surface area contributed by atoms with Gasteiger partial charge in [0.05, 0.1) is 17.1 Å². The predicted molar refractivity (Wildman–Crippen MR) is 64.4 cm³/mol. The highest BCUT2D eigenvalue weighted by molar-refractivity contribution is 7.07. The Kier molecular flexibility index (Phi) is 3.48. The van der Waals surface area contributed by atoms with Crippen LogP contribution >= 0.6 is 11.3 Å².